The summed E-state index contributed by atoms with van der Waals surface area (Å²) < 4.78 is 39.9. The van der Waals surface area contributed by atoms with Gasteiger partial charge in [-0.25, -0.2) is 9.78 Å². The van der Waals surface area contributed by atoms with Crippen LogP contribution in [0.15, 0.2) is 42.6 Å². The summed E-state index contributed by atoms with van der Waals surface area (Å²) in [4.78, 5) is 32.5. The molecule has 178 valence electrons. The van der Waals surface area contributed by atoms with E-state index in [0.29, 0.717) is 10.7 Å². The highest BCUT2D eigenvalue weighted by Gasteiger charge is 2.37. The summed E-state index contributed by atoms with van der Waals surface area (Å²) in [6.45, 7) is 4.46. The third-order valence-electron chi connectivity index (χ3n) is 5.30. The molecule has 1 atom stereocenters. The smallest absolute Gasteiger partial charge is 0.353 e. The van der Waals surface area contributed by atoms with Crippen LogP contribution in [0, 0.1) is 5.92 Å². The second-order valence-corrected chi connectivity index (χ2v) is 8.45. The maximum absolute atomic E-state index is 13.3. The summed E-state index contributed by atoms with van der Waals surface area (Å²) in [5.41, 5.74) is -0.276. The number of urea groups is 1. The highest BCUT2D eigenvalue weighted by molar-refractivity contribution is 6.30. The first-order valence-corrected chi connectivity index (χ1v) is 10.8. The number of nitrogens with zero attached hydrogens (tertiary/aromatic N) is 3. The number of hydrogen-bond donors (Lipinski definition) is 2. The zero-order valence-electron chi connectivity index (χ0n) is 18.2. The third-order valence-corrected chi connectivity index (χ3v) is 5.56. The van der Waals surface area contributed by atoms with Crippen LogP contribution >= 0.6 is 11.6 Å². The number of nitrogens with one attached hydrogen (secondary N) is 2. The molecule has 3 rings (SSSR count). The number of aromatic nitrogens is 1. The fourth-order valence-electron chi connectivity index (χ4n) is 3.56. The second kappa shape index (κ2) is 10.3. The van der Waals surface area contributed by atoms with Crippen LogP contribution in [0.2, 0.25) is 5.02 Å². The molecule has 1 aliphatic heterocycles. The van der Waals surface area contributed by atoms with Gasteiger partial charge in [-0.1, -0.05) is 25.4 Å². The van der Waals surface area contributed by atoms with Gasteiger partial charge in [0, 0.05) is 43.1 Å². The molecule has 1 saturated heterocycles. The summed E-state index contributed by atoms with van der Waals surface area (Å²) in [6, 6.07) is 7.47. The zero-order chi connectivity index (χ0) is 24.2. The molecule has 1 aromatic heterocycles. The minimum atomic E-state index is -4.51. The van der Waals surface area contributed by atoms with Crippen LogP contribution in [-0.2, 0) is 11.0 Å². The van der Waals surface area contributed by atoms with Gasteiger partial charge in [0.2, 0.25) is 5.91 Å². The predicted octanol–water partition coefficient (Wildman–Crippen LogP) is 4.25. The summed E-state index contributed by atoms with van der Waals surface area (Å²) in [5.74, 6) is -0.620. The number of amides is 3. The van der Waals surface area contributed by atoms with E-state index in [1.165, 1.54) is 17.2 Å². The lowest BCUT2D eigenvalue weighted by molar-refractivity contribution is -0.138. The summed E-state index contributed by atoms with van der Waals surface area (Å²) in [7, 11) is 0. The number of alkyl halides is 3. The Morgan fingerprint density at radius 3 is 2.27 bits per heavy atom. The number of pyridine rings is 1. The lowest BCUT2D eigenvalue weighted by atomic mass is 10.0. The molecule has 1 unspecified atom stereocenters. The van der Waals surface area contributed by atoms with Gasteiger partial charge in [0.1, 0.15) is 11.9 Å². The van der Waals surface area contributed by atoms with Gasteiger partial charge in [-0.3, -0.25) is 4.79 Å². The average molecular weight is 484 g/mol. The maximum atomic E-state index is 13.3. The van der Waals surface area contributed by atoms with Crippen molar-refractivity contribution in [1.29, 1.82) is 0 Å². The van der Waals surface area contributed by atoms with Crippen molar-refractivity contribution >= 4 is 35.0 Å². The topological polar surface area (TPSA) is 77.6 Å². The van der Waals surface area contributed by atoms with Gasteiger partial charge in [0.25, 0.3) is 0 Å². The molecular weight excluding hydrogens is 459 g/mol. The molecule has 3 amide bonds. The second-order valence-electron chi connectivity index (χ2n) is 8.01. The van der Waals surface area contributed by atoms with Crippen molar-refractivity contribution in [1.82, 2.24) is 15.2 Å². The summed E-state index contributed by atoms with van der Waals surface area (Å²) in [6.07, 6.45) is -3.19. The Morgan fingerprint density at radius 1 is 1.06 bits per heavy atom. The SMILES string of the molecule is CC(C)C(NC(=O)Nc1ccc(Cl)cc1)C(=O)N1CCN(c2ncccc2C(F)(F)F)CC1. The van der Waals surface area contributed by atoms with E-state index in [-0.39, 0.29) is 43.8 Å². The molecule has 2 N–H and O–H groups in total. The van der Waals surface area contributed by atoms with Crippen LogP contribution in [0.25, 0.3) is 0 Å². The molecule has 1 fully saturated rings. The lowest BCUT2D eigenvalue weighted by Gasteiger charge is -2.38. The van der Waals surface area contributed by atoms with Crippen LogP contribution < -0.4 is 15.5 Å². The number of anilines is 2. The Balaban J connectivity index is 1.62. The van der Waals surface area contributed by atoms with E-state index < -0.39 is 23.8 Å². The predicted molar refractivity (Wildman–Crippen MR) is 120 cm³/mol. The quantitative estimate of drug-likeness (QED) is 0.666. The van der Waals surface area contributed by atoms with E-state index >= 15 is 0 Å². The molecule has 11 heteroatoms. The van der Waals surface area contributed by atoms with Gasteiger partial charge in [0.05, 0.1) is 5.56 Å². The van der Waals surface area contributed by atoms with Crippen molar-refractivity contribution in [2.75, 3.05) is 36.4 Å². The Bertz CT molecular complexity index is 977. The van der Waals surface area contributed by atoms with Crippen molar-refractivity contribution in [2.45, 2.75) is 26.1 Å². The molecule has 2 heterocycles. The van der Waals surface area contributed by atoms with Crippen molar-refractivity contribution in [3.05, 3.63) is 53.2 Å². The standard InChI is InChI=1S/C22H25ClF3N5O2/c1-14(2)18(29-21(33)28-16-7-5-15(23)6-8-16)20(32)31-12-10-30(11-13-31)19-17(22(24,25)26)4-3-9-27-19/h3-9,14,18H,10-13H2,1-2H3,(H2,28,29,33). The minimum absolute atomic E-state index is 0.141. The van der Waals surface area contributed by atoms with E-state index in [4.69, 9.17) is 11.6 Å². The first kappa shape index (κ1) is 24.6. The van der Waals surface area contributed by atoms with Gasteiger partial charge < -0.3 is 20.4 Å². The molecule has 7 nitrogen and oxygen atoms in total. The number of benzene rings is 1. The normalized spacial score (nSPS) is 15.4. The van der Waals surface area contributed by atoms with Gasteiger partial charge in [0.15, 0.2) is 0 Å². The maximum Gasteiger partial charge on any atom is 0.419 e. The third kappa shape index (κ3) is 6.28. The van der Waals surface area contributed by atoms with Crippen LogP contribution in [0.1, 0.15) is 19.4 Å². The van der Waals surface area contributed by atoms with Crippen molar-refractivity contribution in [3.63, 3.8) is 0 Å². The fourth-order valence-corrected chi connectivity index (χ4v) is 3.69. The first-order valence-electron chi connectivity index (χ1n) is 10.5. The molecule has 0 radical (unpaired) electrons. The first-order chi connectivity index (χ1) is 15.6. The van der Waals surface area contributed by atoms with Gasteiger partial charge in [-0.15, -0.1) is 0 Å². The van der Waals surface area contributed by atoms with E-state index in [2.05, 4.69) is 15.6 Å². The van der Waals surface area contributed by atoms with Crippen molar-refractivity contribution < 1.29 is 22.8 Å². The Hall–Kier alpha value is -3.01. The Labute approximate surface area is 194 Å². The lowest BCUT2D eigenvalue weighted by Crippen LogP contribution is -2.57. The molecule has 2 aromatic rings. The van der Waals surface area contributed by atoms with Crippen LogP contribution in [0.5, 0.6) is 0 Å². The summed E-state index contributed by atoms with van der Waals surface area (Å²) in [5, 5.41) is 5.89. The average Bonchev–Trinajstić information content (AvgIpc) is 2.78. The van der Waals surface area contributed by atoms with Crippen LogP contribution in [0.3, 0.4) is 0 Å². The van der Waals surface area contributed by atoms with E-state index in [9.17, 15) is 22.8 Å². The minimum Gasteiger partial charge on any atom is -0.353 e. The number of halogens is 4. The highest BCUT2D eigenvalue weighted by Crippen LogP contribution is 2.35. The molecule has 1 aliphatic rings. The Morgan fingerprint density at radius 2 is 1.70 bits per heavy atom. The number of hydrogen-bond acceptors (Lipinski definition) is 4. The highest BCUT2D eigenvalue weighted by atomic mass is 35.5. The molecule has 0 aliphatic carbocycles. The number of rotatable bonds is 5. The van der Waals surface area contributed by atoms with E-state index in [1.807, 2.05) is 13.8 Å². The molecular formula is C22H25ClF3N5O2. The number of carbonyl (C=O) groups excluding carboxylic acids is 2. The fraction of sp³-hybridized carbons (Fsp3) is 0.409. The van der Waals surface area contributed by atoms with E-state index in [0.717, 1.165) is 6.07 Å². The van der Waals surface area contributed by atoms with Crippen LogP contribution in [-0.4, -0.2) is 54.0 Å². The molecule has 0 bridgehead atoms. The molecule has 33 heavy (non-hydrogen) atoms. The van der Waals surface area contributed by atoms with Crippen molar-refractivity contribution in [3.8, 4) is 0 Å². The van der Waals surface area contributed by atoms with Gasteiger partial charge in [-0.2, -0.15) is 13.2 Å². The number of piperazine rings is 1. The monoisotopic (exact) mass is 483 g/mol. The van der Waals surface area contributed by atoms with Crippen molar-refractivity contribution in [2.24, 2.45) is 5.92 Å². The van der Waals surface area contributed by atoms with Crippen LogP contribution in [0.4, 0.5) is 29.5 Å². The van der Waals surface area contributed by atoms with Gasteiger partial charge >= 0.3 is 12.2 Å². The number of carbonyl (C=O) groups is 2. The zero-order valence-corrected chi connectivity index (χ0v) is 19.0. The molecule has 0 saturated carbocycles. The Kier molecular flexibility index (Phi) is 7.68. The van der Waals surface area contributed by atoms with E-state index in [1.54, 1.807) is 29.2 Å². The molecule has 1 aromatic carbocycles. The molecule has 0 spiro atoms. The van der Waals surface area contributed by atoms with Gasteiger partial charge in [-0.05, 0) is 42.3 Å². The largest absolute Gasteiger partial charge is 0.419 e. The summed E-state index contributed by atoms with van der Waals surface area (Å²) >= 11 is 5.84.